The van der Waals surface area contributed by atoms with Gasteiger partial charge in [0.25, 0.3) is 5.91 Å². The zero-order chi connectivity index (χ0) is 23.1. The molecule has 2 N–H and O–H groups in total. The predicted octanol–water partition coefficient (Wildman–Crippen LogP) is 6.29. The van der Waals surface area contributed by atoms with Gasteiger partial charge in [-0.2, -0.15) is 0 Å². The van der Waals surface area contributed by atoms with Crippen LogP contribution in [0.5, 0.6) is 11.5 Å². The van der Waals surface area contributed by atoms with Gasteiger partial charge in [-0.1, -0.05) is 29.8 Å². The van der Waals surface area contributed by atoms with Gasteiger partial charge in [-0.15, -0.1) is 0 Å². The summed E-state index contributed by atoms with van der Waals surface area (Å²) in [6.45, 7) is 8.93. The lowest BCUT2D eigenvalue weighted by Gasteiger charge is -2.14. The first-order valence-corrected chi connectivity index (χ1v) is 11.0. The van der Waals surface area contributed by atoms with Crippen LogP contribution in [0, 0.1) is 20.8 Å². The van der Waals surface area contributed by atoms with Gasteiger partial charge in [0.05, 0.1) is 6.61 Å². The van der Waals surface area contributed by atoms with Crippen molar-refractivity contribution in [2.24, 2.45) is 0 Å². The SMILES string of the molecule is CCOc1cc(CNc2ccc(C)c(Cl)c2)ccc1OCC(=O)Nc1ccc(C)c(C)c1. The van der Waals surface area contributed by atoms with Crippen molar-refractivity contribution >= 4 is 28.9 Å². The van der Waals surface area contributed by atoms with E-state index in [1.54, 1.807) is 0 Å². The Hall–Kier alpha value is -3.18. The maximum atomic E-state index is 12.3. The van der Waals surface area contributed by atoms with Gasteiger partial charge >= 0.3 is 0 Å². The summed E-state index contributed by atoms with van der Waals surface area (Å²) >= 11 is 6.20. The summed E-state index contributed by atoms with van der Waals surface area (Å²) in [4.78, 5) is 12.3. The predicted molar refractivity (Wildman–Crippen MR) is 131 cm³/mol. The average molecular weight is 453 g/mol. The second-order valence-electron chi connectivity index (χ2n) is 7.67. The van der Waals surface area contributed by atoms with Gasteiger partial charge in [0, 0.05) is 22.9 Å². The highest BCUT2D eigenvalue weighted by atomic mass is 35.5. The molecule has 3 aromatic carbocycles. The Balaban J connectivity index is 1.61. The van der Waals surface area contributed by atoms with Crippen LogP contribution in [-0.4, -0.2) is 19.1 Å². The minimum absolute atomic E-state index is 0.105. The molecule has 0 atom stereocenters. The van der Waals surface area contributed by atoms with Crippen LogP contribution in [0.4, 0.5) is 11.4 Å². The Morgan fingerprint density at radius 1 is 0.844 bits per heavy atom. The molecule has 0 fully saturated rings. The molecule has 3 aromatic rings. The Morgan fingerprint density at radius 2 is 1.59 bits per heavy atom. The van der Waals surface area contributed by atoms with Gasteiger partial charge in [0.2, 0.25) is 0 Å². The number of amides is 1. The minimum atomic E-state index is -0.224. The second kappa shape index (κ2) is 10.9. The third-order valence-corrected chi connectivity index (χ3v) is 5.53. The molecule has 6 heteroatoms. The fourth-order valence-corrected chi connectivity index (χ4v) is 3.30. The van der Waals surface area contributed by atoms with E-state index >= 15 is 0 Å². The Kier molecular flexibility index (Phi) is 8.01. The molecular weight excluding hydrogens is 424 g/mol. The minimum Gasteiger partial charge on any atom is -0.490 e. The molecule has 1 amide bonds. The van der Waals surface area contributed by atoms with E-state index in [4.69, 9.17) is 21.1 Å². The second-order valence-corrected chi connectivity index (χ2v) is 8.07. The maximum absolute atomic E-state index is 12.3. The summed E-state index contributed by atoms with van der Waals surface area (Å²) in [7, 11) is 0. The monoisotopic (exact) mass is 452 g/mol. The zero-order valence-corrected chi connectivity index (χ0v) is 19.7. The van der Waals surface area contributed by atoms with Crippen LogP contribution in [0.25, 0.3) is 0 Å². The quantitative estimate of drug-likeness (QED) is 0.400. The number of rotatable bonds is 9. The molecule has 0 saturated carbocycles. The first kappa shape index (κ1) is 23.5. The lowest BCUT2D eigenvalue weighted by Crippen LogP contribution is -2.20. The van der Waals surface area contributed by atoms with Crippen molar-refractivity contribution in [2.75, 3.05) is 23.8 Å². The summed E-state index contributed by atoms with van der Waals surface area (Å²) in [6.07, 6.45) is 0. The lowest BCUT2D eigenvalue weighted by molar-refractivity contribution is -0.118. The Bertz CT molecular complexity index is 1100. The van der Waals surface area contributed by atoms with Crippen LogP contribution in [0.1, 0.15) is 29.2 Å². The molecule has 0 aliphatic rings. The standard InChI is InChI=1S/C26H29ClN2O3/c1-5-31-25-13-20(15-28-21-9-7-18(3)23(27)14-21)8-11-24(25)32-16-26(30)29-22-10-6-17(2)19(4)12-22/h6-14,28H,5,15-16H2,1-4H3,(H,29,30). The molecule has 0 aliphatic carbocycles. The molecule has 0 unspecified atom stereocenters. The molecule has 3 rings (SSSR count). The van der Waals surface area contributed by atoms with Crippen molar-refractivity contribution in [1.29, 1.82) is 0 Å². The van der Waals surface area contributed by atoms with Crippen LogP contribution < -0.4 is 20.1 Å². The normalized spacial score (nSPS) is 10.5. The number of anilines is 2. The highest BCUT2D eigenvalue weighted by Gasteiger charge is 2.10. The van der Waals surface area contributed by atoms with Crippen molar-refractivity contribution in [2.45, 2.75) is 34.2 Å². The van der Waals surface area contributed by atoms with Crippen LogP contribution >= 0.6 is 11.6 Å². The number of hydrogen-bond acceptors (Lipinski definition) is 4. The first-order valence-electron chi connectivity index (χ1n) is 10.6. The van der Waals surface area contributed by atoms with E-state index in [0.29, 0.717) is 24.7 Å². The smallest absolute Gasteiger partial charge is 0.262 e. The Labute approximate surface area is 194 Å². The molecule has 168 valence electrons. The van der Waals surface area contributed by atoms with Crippen molar-refractivity contribution < 1.29 is 14.3 Å². The number of carbonyl (C=O) groups is 1. The van der Waals surface area contributed by atoms with Crippen molar-refractivity contribution in [3.05, 3.63) is 81.9 Å². The zero-order valence-electron chi connectivity index (χ0n) is 18.9. The van der Waals surface area contributed by atoms with Gasteiger partial charge in [-0.3, -0.25) is 4.79 Å². The number of benzene rings is 3. The van der Waals surface area contributed by atoms with Crippen LogP contribution in [-0.2, 0) is 11.3 Å². The number of carbonyl (C=O) groups excluding carboxylic acids is 1. The van der Waals surface area contributed by atoms with Crippen molar-refractivity contribution in [1.82, 2.24) is 0 Å². The molecule has 0 saturated heterocycles. The third kappa shape index (κ3) is 6.41. The van der Waals surface area contributed by atoms with Crippen LogP contribution in [0.2, 0.25) is 5.02 Å². The van der Waals surface area contributed by atoms with Gasteiger partial charge < -0.3 is 20.1 Å². The van der Waals surface area contributed by atoms with E-state index in [0.717, 1.165) is 33.1 Å². The summed E-state index contributed by atoms with van der Waals surface area (Å²) in [5.74, 6) is 0.912. The lowest BCUT2D eigenvalue weighted by atomic mass is 10.1. The van der Waals surface area contributed by atoms with E-state index in [-0.39, 0.29) is 12.5 Å². The Morgan fingerprint density at radius 3 is 2.31 bits per heavy atom. The molecule has 0 heterocycles. The molecule has 0 spiro atoms. The van der Waals surface area contributed by atoms with Crippen molar-refractivity contribution in [3.63, 3.8) is 0 Å². The molecular formula is C26H29ClN2O3. The van der Waals surface area contributed by atoms with E-state index in [2.05, 4.69) is 10.6 Å². The van der Waals surface area contributed by atoms with Gasteiger partial charge in [0.15, 0.2) is 18.1 Å². The van der Waals surface area contributed by atoms with Gasteiger partial charge in [-0.25, -0.2) is 0 Å². The molecule has 32 heavy (non-hydrogen) atoms. The fraction of sp³-hybridized carbons (Fsp3) is 0.269. The summed E-state index contributed by atoms with van der Waals surface area (Å²) in [5, 5.41) is 6.95. The largest absolute Gasteiger partial charge is 0.490 e. The number of aryl methyl sites for hydroxylation is 3. The molecule has 0 aliphatic heterocycles. The number of hydrogen-bond donors (Lipinski definition) is 2. The number of nitrogens with one attached hydrogen (secondary N) is 2. The molecule has 0 bridgehead atoms. The summed E-state index contributed by atoms with van der Waals surface area (Å²) in [5.41, 5.74) is 6.07. The van der Waals surface area contributed by atoms with Crippen LogP contribution in [0.15, 0.2) is 54.6 Å². The summed E-state index contributed by atoms with van der Waals surface area (Å²) in [6, 6.07) is 17.4. The number of ether oxygens (including phenoxy) is 2. The first-order chi connectivity index (χ1) is 15.4. The fourth-order valence-electron chi connectivity index (χ4n) is 3.12. The van der Waals surface area contributed by atoms with Crippen molar-refractivity contribution in [3.8, 4) is 11.5 Å². The molecule has 5 nitrogen and oxygen atoms in total. The highest BCUT2D eigenvalue weighted by Crippen LogP contribution is 2.29. The average Bonchev–Trinajstić information content (AvgIpc) is 2.76. The van der Waals surface area contributed by atoms with Gasteiger partial charge in [0.1, 0.15) is 0 Å². The molecule has 0 radical (unpaired) electrons. The maximum Gasteiger partial charge on any atom is 0.262 e. The topological polar surface area (TPSA) is 59.6 Å². The van der Waals surface area contributed by atoms with E-state index in [1.807, 2.05) is 82.3 Å². The van der Waals surface area contributed by atoms with Crippen LogP contribution in [0.3, 0.4) is 0 Å². The highest BCUT2D eigenvalue weighted by molar-refractivity contribution is 6.31. The summed E-state index contributed by atoms with van der Waals surface area (Å²) < 4.78 is 11.5. The van der Waals surface area contributed by atoms with Gasteiger partial charge in [-0.05, 0) is 86.3 Å². The van der Waals surface area contributed by atoms with E-state index in [9.17, 15) is 4.79 Å². The van der Waals surface area contributed by atoms with E-state index < -0.39 is 0 Å². The van der Waals surface area contributed by atoms with E-state index in [1.165, 1.54) is 5.56 Å². The molecule has 0 aromatic heterocycles. The number of halogens is 1. The third-order valence-electron chi connectivity index (χ3n) is 5.13.